The van der Waals surface area contributed by atoms with E-state index in [-0.39, 0.29) is 0 Å². The summed E-state index contributed by atoms with van der Waals surface area (Å²) in [7, 11) is 0. The van der Waals surface area contributed by atoms with Crippen molar-refractivity contribution in [3.63, 3.8) is 0 Å². The van der Waals surface area contributed by atoms with Gasteiger partial charge in [-0.1, -0.05) is 35.8 Å². The summed E-state index contributed by atoms with van der Waals surface area (Å²) in [5, 5.41) is 0. The van der Waals surface area contributed by atoms with E-state index in [2.05, 4.69) is 65.5 Å². The number of aromatic nitrogens is 3. The normalized spacial score (nSPS) is 16.8. The molecule has 0 saturated heterocycles. The Hall–Kier alpha value is -1.68. The number of imidazole rings is 1. The van der Waals surface area contributed by atoms with Gasteiger partial charge in [-0.25, -0.2) is 9.97 Å². The highest BCUT2D eigenvalue weighted by Gasteiger charge is 2.28. The highest BCUT2D eigenvalue weighted by atomic mass is 79.9. The summed E-state index contributed by atoms with van der Waals surface area (Å²) in [6.45, 7) is 6.50. The summed E-state index contributed by atoms with van der Waals surface area (Å²) < 4.78 is 3.57. The molecule has 0 bridgehead atoms. The molecule has 0 aliphatic heterocycles. The van der Waals surface area contributed by atoms with Gasteiger partial charge < -0.3 is 4.57 Å². The Balaban J connectivity index is 1.96. The smallest absolute Gasteiger partial charge is 0.161 e. The van der Waals surface area contributed by atoms with Crippen LogP contribution in [0.15, 0.2) is 28.7 Å². The molecule has 2 heterocycles. The first-order valence-corrected chi connectivity index (χ1v) is 9.57. The number of halogens is 1. The largest absolute Gasteiger partial charge is 0.305 e. The summed E-state index contributed by atoms with van der Waals surface area (Å²) in [4.78, 5) is 9.88. The molecule has 0 unspecified atom stereocenters. The maximum Gasteiger partial charge on any atom is 0.161 e. The van der Waals surface area contributed by atoms with Crippen LogP contribution in [0.5, 0.6) is 0 Å². The summed E-state index contributed by atoms with van der Waals surface area (Å²) in [6, 6.07) is 9.21. The average molecular weight is 384 g/mol. The van der Waals surface area contributed by atoms with Gasteiger partial charge in [-0.15, -0.1) is 0 Å². The molecular weight excluding hydrogens is 362 g/mol. The van der Waals surface area contributed by atoms with Crippen LogP contribution in [-0.2, 0) is 19.3 Å². The molecular formula is C20H22BrN3. The summed E-state index contributed by atoms with van der Waals surface area (Å²) in [6.07, 6.45) is 4.13. The molecule has 1 aromatic carbocycles. The number of hydrogen-bond acceptors (Lipinski definition) is 2. The Morgan fingerprint density at radius 1 is 1.17 bits per heavy atom. The number of rotatable bonds is 3. The second-order valence-electron chi connectivity index (χ2n) is 6.61. The molecule has 4 rings (SSSR count). The van der Waals surface area contributed by atoms with Crippen molar-refractivity contribution in [2.24, 2.45) is 0 Å². The van der Waals surface area contributed by atoms with Gasteiger partial charge in [0, 0.05) is 16.6 Å². The zero-order valence-corrected chi connectivity index (χ0v) is 16.0. The first-order valence-electron chi connectivity index (χ1n) is 8.78. The zero-order valence-electron chi connectivity index (χ0n) is 14.4. The van der Waals surface area contributed by atoms with Gasteiger partial charge in [-0.05, 0) is 61.1 Å². The van der Waals surface area contributed by atoms with E-state index in [1.54, 1.807) is 0 Å². The quantitative estimate of drug-likeness (QED) is 0.624. The Morgan fingerprint density at radius 2 is 2.00 bits per heavy atom. The van der Waals surface area contributed by atoms with Gasteiger partial charge in [-0.2, -0.15) is 0 Å². The summed E-state index contributed by atoms with van der Waals surface area (Å²) >= 11 is 3.60. The number of hydrogen-bond donors (Lipinski definition) is 0. The molecule has 0 fully saturated rings. The van der Waals surface area contributed by atoms with Crippen LogP contribution in [-0.4, -0.2) is 14.5 Å². The van der Waals surface area contributed by atoms with Crippen LogP contribution in [0.2, 0.25) is 0 Å². The molecule has 0 saturated carbocycles. The van der Waals surface area contributed by atoms with E-state index < -0.39 is 0 Å². The fraction of sp³-hybridized carbons (Fsp3) is 0.400. The molecule has 0 spiro atoms. The highest BCUT2D eigenvalue weighted by Crippen LogP contribution is 2.38. The Morgan fingerprint density at radius 3 is 2.75 bits per heavy atom. The molecule has 24 heavy (non-hydrogen) atoms. The fourth-order valence-electron chi connectivity index (χ4n) is 3.92. The van der Waals surface area contributed by atoms with Crippen molar-refractivity contribution in [3.05, 3.63) is 56.9 Å². The predicted octanol–water partition coefficient (Wildman–Crippen LogP) is 5.16. The van der Waals surface area contributed by atoms with Crippen LogP contribution in [0.4, 0.5) is 0 Å². The summed E-state index contributed by atoms with van der Waals surface area (Å²) in [5.41, 5.74) is 7.38. The molecule has 0 N–H and O–H groups in total. The lowest BCUT2D eigenvalue weighted by molar-refractivity contribution is 0.566. The minimum absolute atomic E-state index is 0.354. The van der Waals surface area contributed by atoms with E-state index >= 15 is 0 Å². The predicted molar refractivity (Wildman–Crippen MR) is 102 cm³/mol. The minimum Gasteiger partial charge on any atom is -0.305 e. The van der Waals surface area contributed by atoms with E-state index in [4.69, 9.17) is 9.97 Å². The molecule has 3 nitrogen and oxygen atoms in total. The third-order valence-electron chi connectivity index (χ3n) is 5.11. The van der Waals surface area contributed by atoms with Crippen molar-refractivity contribution in [1.82, 2.24) is 14.5 Å². The van der Waals surface area contributed by atoms with Gasteiger partial charge in [0.15, 0.2) is 5.65 Å². The van der Waals surface area contributed by atoms with Crippen LogP contribution >= 0.6 is 15.9 Å². The maximum atomic E-state index is 4.95. The number of pyridine rings is 1. The van der Waals surface area contributed by atoms with Crippen molar-refractivity contribution < 1.29 is 0 Å². The average Bonchev–Trinajstić information content (AvgIpc) is 3.14. The van der Waals surface area contributed by atoms with E-state index in [0.29, 0.717) is 6.04 Å². The Bertz CT molecular complexity index is 926. The van der Waals surface area contributed by atoms with Crippen LogP contribution in [0.25, 0.3) is 11.2 Å². The first-order chi connectivity index (χ1) is 11.6. The minimum atomic E-state index is 0.354. The van der Waals surface area contributed by atoms with E-state index in [1.165, 1.54) is 16.7 Å². The molecule has 3 aromatic rings. The highest BCUT2D eigenvalue weighted by molar-refractivity contribution is 9.10. The lowest BCUT2D eigenvalue weighted by atomic mass is 10.1. The van der Waals surface area contributed by atoms with Crippen molar-refractivity contribution in [3.8, 4) is 0 Å². The SMILES string of the molecule is CCc1cc(C)c2nc(CC)n([C@H]3CCc4cc(Br)ccc43)c2n1. The van der Waals surface area contributed by atoms with Crippen molar-refractivity contribution >= 4 is 27.1 Å². The second kappa shape index (κ2) is 5.99. The molecule has 1 atom stereocenters. The Labute approximate surface area is 151 Å². The zero-order chi connectivity index (χ0) is 16.8. The van der Waals surface area contributed by atoms with Crippen molar-refractivity contribution in [2.45, 2.75) is 52.5 Å². The number of nitrogens with zero attached hydrogens (tertiary/aromatic N) is 3. The van der Waals surface area contributed by atoms with E-state index in [1.807, 2.05) is 0 Å². The Kier molecular flexibility index (Phi) is 3.95. The fourth-order valence-corrected chi connectivity index (χ4v) is 4.33. The van der Waals surface area contributed by atoms with Crippen LogP contribution in [0.1, 0.15) is 54.5 Å². The van der Waals surface area contributed by atoms with Gasteiger partial charge in [0.05, 0.1) is 6.04 Å². The topological polar surface area (TPSA) is 30.7 Å². The number of aryl methyl sites for hydroxylation is 4. The third-order valence-corrected chi connectivity index (χ3v) is 5.60. The maximum absolute atomic E-state index is 4.95. The molecule has 1 aliphatic carbocycles. The second-order valence-corrected chi connectivity index (χ2v) is 7.52. The summed E-state index contributed by atoms with van der Waals surface area (Å²) in [5.74, 6) is 1.15. The van der Waals surface area contributed by atoms with Gasteiger partial charge in [0.1, 0.15) is 11.3 Å². The molecule has 2 aromatic heterocycles. The number of benzene rings is 1. The molecule has 1 aliphatic rings. The number of fused-ring (bicyclic) bond motifs is 2. The van der Waals surface area contributed by atoms with Crippen molar-refractivity contribution in [2.75, 3.05) is 0 Å². The first kappa shape index (κ1) is 15.8. The lowest BCUT2D eigenvalue weighted by Gasteiger charge is -2.17. The van der Waals surface area contributed by atoms with Crippen LogP contribution in [0, 0.1) is 6.92 Å². The molecule has 4 heteroatoms. The lowest BCUT2D eigenvalue weighted by Crippen LogP contribution is -2.12. The van der Waals surface area contributed by atoms with E-state index in [9.17, 15) is 0 Å². The third kappa shape index (κ3) is 2.39. The van der Waals surface area contributed by atoms with Gasteiger partial charge in [-0.3, -0.25) is 0 Å². The van der Waals surface area contributed by atoms with Gasteiger partial charge in [0.2, 0.25) is 0 Å². The molecule has 0 radical (unpaired) electrons. The van der Waals surface area contributed by atoms with Crippen molar-refractivity contribution in [1.29, 1.82) is 0 Å². The molecule has 0 amide bonds. The van der Waals surface area contributed by atoms with Gasteiger partial charge in [0.25, 0.3) is 0 Å². The van der Waals surface area contributed by atoms with Crippen LogP contribution in [0.3, 0.4) is 0 Å². The standard InChI is InChI=1S/C20H22BrN3/c1-4-15-10-12(3)19-20(22-15)24(18(5-2)23-19)17-9-6-13-11-14(21)7-8-16(13)17/h7-8,10-11,17H,4-6,9H2,1-3H3/t17-/m0/s1. The monoisotopic (exact) mass is 383 g/mol. The molecule has 124 valence electrons. The van der Waals surface area contributed by atoms with E-state index in [0.717, 1.165) is 52.8 Å². The van der Waals surface area contributed by atoms with Crippen LogP contribution < -0.4 is 0 Å². The van der Waals surface area contributed by atoms with Gasteiger partial charge >= 0.3 is 0 Å².